The molecule has 2 aliphatic rings. The number of hydrogen-bond acceptors (Lipinski definition) is 4. The summed E-state index contributed by atoms with van der Waals surface area (Å²) in [6.07, 6.45) is 0.890. The molecule has 0 saturated carbocycles. The number of carbonyl (C=O) groups excluding carboxylic acids is 1. The van der Waals surface area contributed by atoms with Crippen molar-refractivity contribution in [3.8, 4) is 6.07 Å². The number of nitrogens with one attached hydrogen (secondary N) is 2. The molecule has 1 saturated heterocycles. The number of fused-ring (bicyclic) bond motifs is 4. The number of aromatic amines is 1. The fraction of sp³-hybridized carbons (Fsp3) is 0.385. The Balaban J connectivity index is 1.72. The van der Waals surface area contributed by atoms with Gasteiger partial charge < -0.3 is 15.2 Å². The molecule has 3 aromatic rings. The minimum absolute atomic E-state index is 0.0789. The van der Waals surface area contributed by atoms with Crippen LogP contribution in [0.2, 0.25) is 0 Å². The minimum Gasteiger partial charge on any atom is -0.368 e. The molecule has 0 bridgehead atoms. The minimum atomic E-state index is -0.342. The topological polar surface area (TPSA) is 71.9 Å². The number of nitriles is 1. The van der Waals surface area contributed by atoms with E-state index in [2.05, 4.69) is 61.1 Å². The predicted octanol–water partition coefficient (Wildman–Crippen LogP) is 4.27. The van der Waals surface area contributed by atoms with Crippen LogP contribution in [-0.2, 0) is 11.8 Å². The smallest absolute Gasteiger partial charge is 0.195 e. The van der Waals surface area contributed by atoms with Crippen LogP contribution in [0.4, 0.5) is 5.69 Å². The average Bonchev–Trinajstić information content (AvgIpc) is 3.16. The zero-order chi connectivity index (χ0) is 21.9. The van der Waals surface area contributed by atoms with Crippen molar-refractivity contribution in [1.82, 2.24) is 10.3 Å². The molecule has 1 atom stereocenters. The van der Waals surface area contributed by atoms with Crippen LogP contribution in [0.1, 0.15) is 66.0 Å². The molecule has 1 unspecified atom stereocenters. The van der Waals surface area contributed by atoms with E-state index in [1.165, 1.54) is 11.3 Å². The molecule has 1 aliphatic carbocycles. The van der Waals surface area contributed by atoms with Crippen molar-refractivity contribution in [3.63, 3.8) is 0 Å². The van der Waals surface area contributed by atoms with E-state index in [1.54, 1.807) is 6.07 Å². The quantitative estimate of drug-likeness (QED) is 0.659. The molecule has 5 rings (SSSR count). The lowest BCUT2D eigenvalue weighted by molar-refractivity contribution is 0.103. The summed E-state index contributed by atoms with van der Waals surface area (Å²) in [6, 6.07) is 12.6. The van der Waals surface area contributed by atoms with E-state index < -0.39 is 0 Å². The number of H-pyrrole nitrogens is 1. The van der Waals surface area contributed by atoms with Crippen LogP contribution < -0.4 is 10.2 Å². The maximum atomic E-state index is 13.7. The SMILES string of the molecule is CCc1cc2c(cc1N1CCNC(C)C1)C(C)(C)c1[nH]c3cc(C#N)ccc3c1C2=O. The van der Waals surface area contributed by atoms with Crippen LogP contribution >= 0.6 is 0 Å². The molecule has 2 aromatic carbocycles. The summed E-state index contributed by atoms with van der Waals surface area (Å²) in [6.45, 7) is 11.7. The molecule has 158 valence electrons. The summed E-state index contributed by atoms with van der Waals surface area (Å²) in [5, 5.41) is 13.7. The highest BCUT2D eigenvalue weighted by Gasteiger charge is 2.40. The fourth-order valence-corrected chi connectivity index (χ4v) is 5.31. The molecule has 0 spiro atoms. The lowest BCUT2D eigenvalue weighted by atomic mass is 9.70. The van der Waals surface area contributed by atoms with Gasteiger partial charge in [-0.2, -0.15) is 5.26 Å². The van der Waals surface area contributed by atoms with Gasteiger partial charge in [0.25, 0.3) is 0 Å². The average molecular weight is 413 g/mol. The summed E-state index contributed by atoms with van der Waals surface area (Å²) >= 11 is 0. The van der Waals surface area contributed by atoms with Gasteiger partial charge in [-0.05, 0) is 48.7 Å². The first-order valence-corrected chi connectivity index (χ1v) is 11.1. The highest BCUT2D eigenvalue weighted by molar-refractivity contribution is 6.20. The molecule has 1 aliphatic heterocycles. The summed E-state index contributed by atoms with van der Waals surface area (Å²) in [4.78, 5) is 19.7. The normalized spacial score (nSPS) is 19.8. The lowest BCUT2D eigenvalue weighted by Gasteiger charge is -2.38. The number of benzene rings is 2. The van der Waals surface area contributed by atoms with Gasteiger partial charge in [-0.15, -0.1) is 0 Å². The largest absolute Gasteiger partial charge is 0.368 e. The molecular formula is C26H28N4O. The van der Waals surface area contributed by atoms with E-state index in [9.17, 15) is 10.1 Å². The first kappa shape index (κ1) is 19.8. The molecule has 2 heterocycles. The number of piperazine rings is 1. The molecule has 5 heteroatoms. The van der Waals surface area contributed by atoms with Gasteiger partial charge in [0.15, 0.2) is 5.78 Å². The van der Waals surface area contributed by atoms with E-state index in [4.69, 9.17) is 0 Å². The van der Waals surface area contributed by atoms with Gasteiger partial charge in [0.2, 0.25) is 0 Å². The van der Waals surface area contributed by atoms with Gasteiger partial charge in [0.1, 0.15) is 0 Å². The molecule has 0 amide bonds. The van der Waals surface area contributed by atoms with Crippen molar-refractivity contribution in [2.45, 2.75) is 45.6 Å². The van der Waals surface area contributed by atoms with E-state index in [1.807, 2.05) is 12.1 Å². The van der Waals surface area contributed by atoms with Gasteiger partial charge in [-0.3, -0.25) is 4.79 Å². The first-order chi connectivity index (χ1) is 14.8. The molecule has 31 heavy (non-hydrogen) atoms. The van der Waals surface area contributed by atoms with E-state index in [-0.39, 0.29) is 11.2 Å². The third-order valence-electron chi connectivity index (χ3n) is 7.01. The highest BCUT2D eigenvalue weighted by Crippen LogP contribution is 2.45. The number of hydrogen-bond donors (Lipinski definition) is 2. The maximum absolute atomic E-state index is 13.7. The second-order valence-corrected chi connectivity index (χ2v) is 9.38. The molecule has 0 radical (unpaired) electrons. The van der Waals surface area contributed by atoms with E-state index >= 15 is 0 Å². The Hall–Kier alpha value is -3.10. The van der Waals surface area contributed by atoms with Gasteiger partial charge in [0, 0.05) is 58.9 Å². The highest BCUT2D eigenvalue weighted by atomic mass is 16.1. The molecule has 1 fully saturated rings. The second kappa shape index (κ2) is 6.96. The fourth-order valence-electron chi connectivity index (χ4n) is 5.31. The van der Waals surface area contributed by atoms with Crippen LogP contribution in [0.5, 0.6) is 0 Å². The van der Waals surface area contributed by atoms with Crippen molar-refractivity contribution in [3.05, 3.63) is 63.8 Å². The zero-order valence-electron chi connectivity index (χ0n) is 18.6. The number of aryl methyl sites for hydroxylation is 1. The van der Waals surface area contributed by atoms with E-state index in [0.29, 0.717) is 11.6 Å². The van der Waals surface area contributed by atoms with Crippen LogP contribution in [0.15, 0.2) is 30.3 Å². The molecule has 2 N–H and O–H groups in total. The van der Waals surface area contributed by atoms with Crippen molar-refractivity contribution >= 4 is 22.4 Å². The Labute approximate surface area is 183 Å². The molecule has 5 nitrogen and oxygen atoms in total. The van der Waals surface area contributed by atoms with Crippen molar-refractivity contribution in [2.75, 3.05) is 24.5 Å². The van der Waals surface area contributed by atoms with Crippen LogP contribution in [-0.4, -0.2) is 36.4 Å². The number of ketones is 1. The predicted molar refractivity (Wildman–Crippen MR) is 124 cm³/mol. The van der Waals surface area contributed by atoms with Crippen molar-refractivity contribution in [1.29, 1.82) is 5.26 Å². The van der Waals surface area contributed by atoms with Crippen LogP contribution in [0.3, 0.4) is 0 Å². The van der Waals surface area contributed by atoms with Gasteiger partial charge >= 0.3 is 0 Å². The molecule has 1 aromatic heterocycles. The van der Waals surface area contributed by atoms with Crippen LogP contribution in [0.25, 0.3) is 10.9 Å². The van der Waals surface area contributed by atoms with Crippen LogP contribution in [0, 0.1) is 11.3 Å². The van der Waals surface area contributed by atoms with Gasteiger partial charge in [0.05, 0.1) is 17.2 Å². The monoisotopic (exact) mass is 412 g/mol. The maximum Gasteiger partial charge on any atom is 0.195 e. The Morgan fingerprint density at radius 2 is 2.06 bits per heavy atom. The summed E-state index contributed by atoms with van der Waals surface area (Å²) in [7, 11) is 0. The Kier molecular flexibility index (Phi) is 4.46. The van der Waals surface area contributed by atoms with Gasteiger partial charge in [-0.25, -0.2) is 0 Å². The Morgan fingerprint density at radius 1 is 1.26 bits per heavy atom. The standard InChI is InChI=1S/C26H28N4O/c1-5-17-11-19-20(12-22(17)30-9-8-28-15(2)14-30)26(3,4)25-23(24(19)31)18-7-6-16(13-27)10-21(18)29-25/h6-7,10-12,15,28-29H,5,8-9,14H2,1-4H3. The summed E-state index contributed by atoms with van der Waals surface area (Å²) < 4.78 is 0. The van der Waals surface area contributed by atoms with Crippen molar-refractivity contribution in [2.24, 2.45) is 0 Å². The first-order valence-electron chi connectivity index (χ1n) is 11.1. The number of rotatable bonds is 2. The Morgan fingerprint density at radius 3 is 2.77 bits per heavy atom. The number of anilines is 1. The lowest BCUT2D eigenvalue weighted by Crippen LogP contribution is -2.49. The number of aromatic nitrogens is 1. The second-order valence-electron chi connectivity index (χ2n) is 9.38. The summed E-state index contributed by atoms with van der Waals surface area (Å²) in [5.41, 5.74) is 7.17. The third-order valence-corrected chi connectivity index (χ3v) is 7.01. The van der Waals surface area contributed by atoms with Gasteiger partial charge in [-0.1, -0.05) is 26.8 Å². The Bertz CT molecular complexity index is 1260. The zero-order valence-corrected chi connectivity index (χ0v) is 18.6. The molecular weight excluding hydrogens is 384 g/mol. The third kappa shape index (κ3) is 2.90. The van der Waals surface area contributed by atoms with Crippen molar-refractivity contribution < 1.29 is 4.79 Å². The summed E-state index contributed by atoms with van der Waals surface area (Å²) in [5.74, 6) is 0.0789. The number of nitrogens with zero attached hydrogens (tertiary/aromatic N) is 2. The number of carbonyl (C=O) groups is 1. The van der Waals surface area contributed by atoms with E-state index in [0.717, 1.165) is 59.3 Å².